The third-order valence-electron chi connectivity index (χ3n) is 3.57. The molecule has 0 aliphatic carbocycles. The predicted octanol–water partition coefficient (Wildman–Crippen LogP) is 1.26. The summed E-state index contributed by atoms with van der Waals surface area (Å²) >= 11 is 0. The maximum Gasteiger partial charge on any atom is 0.328 e. The highest BCUT2D eigenvalue weighted by Gasteiger charge is 2.34. The molecule has 0 bridgehead atoms. The van der Waals surface area contributed by atoms with Crippen molar-refractivity contribution in [3.63, 3.8) is 0 Å². The Labute approximate surface area is 118 Å². The van der Waals surface area contributed by atoms with Crippen molar-refractivity contribution in [3.05, 3.63) is 23.0 Å². The number of hydrogen-bond donors (Lipinski definition) is 0. The molecule has 0 aromatic carbocycles. The number of esters is 1. The number of aromatic nitrogens is 2. The molecule has 1 aromatic heterocycles. The summed E-state index contributed by atoms with van der Waals surface area (Å²) in [6, 6.07) is 1.22. The van der Waals surface area contributed by atoms with Gasteiger partial charge in [-0.3, -0.25) is 4.79 Å². The molecule has 1 fully saturated rings. The van der Waals surface area contributed by atoms with E-state index in [-0.39, 0.29) is 11.9 Å². The van der Waals surface area contributed by atoms with Crippen LogP contribution in [0.15, 0.2) is 6.07 Å². The van der Waals surface area contributed by atoms with Crippen LogP contribution in [0.5, 0.6) is 0 Å². The SMILES string of the molecule is COC(=O)[C@H]1CCCCN1C(=O)c1cc(C)nnc1C. The fourth-order valence-electron chi connectivity index (χ4n) is 2.48. The molecule has 0 unspecified atom stereocenters. The fraction of sp³-hybridized carbons (Fsp3) is 0.571. The van der Waals surface area contributed by atoms with Crippen molar-refractivity contribution in [1.29, 1.82) is 0 Å². The fourth-order valence-corrected chi connectivity index (χ4v) is 2.48. The number of amides is 1. The highest BCUT2D eigenvalue weighted by molar-refractivity contribution is 5.97. The van der Waals surface area contributed by atoms with Crippen LogP contribution in [0.4, 0.5) is 0 Å². The monoisotopic (exact) mass is 277 g/mol. The van der Waals surface area contributed by atoms with Gasteiger partial charge in [0.2, 0.25) is 0 Å². The van der Waals surface area contributed by atoms with Crippen molar-refractivity contribution in [2.45, 2.75) is 39.2 Å². The Hall–Kier alpha value is -1.98. The van der Waals surface area contributed by atoms with Gasteiger partial charge in [-0.05, 0) is 39.2 Å². The zero-order valence-corrected chi connectivity index (χ0v) is 12.0. The Morgan fingerprint density at radius 2 is 2.05 bits per heavy atom. The van der Waals surface area contributed by atoms with Crippen LogP contribution >= 0.6 is 0 Å². The van der Waals surface area contributed by atoms with Crippen molar-refractivity contribution >= 4 is 11.9 Å². The van der Waals surface area contributed by atoms with Crippen LogP contribution in [0, 0.1) is 13.8 Å². The number of aryl methyl sites for hydroxylation is 2. The first-order valence-corrected chi connectivity index (χ1v) is 6.74. The quantitative estimate of drug-likeness (QED) is 0.761. The lowest BCUT2D eigenvalue weighted by Gasteiger charge is -2.34. The van der Waals surface area contributed by atoms with Gasteiger partial charge in [0.15, 0.2) is 0 Å². The molecule has 1 aliphatic rings. The van der Waals surface area contributed by atoms with Crippen LogP contribution in [-0.2, 0) is 9.53 Å². The number of nitrogens with zero attached hydrogens (tertiary/aromatic N) is 3. The molecular formula is C14H19N3O3. The minimum absolute atomic E-state index is 0.171. The third kappa shape index (κ3) is 2.79. The van der Waals surface area contributed by atoms with E-state index in [1.54, 1.807) is 24.8 Å². The van der Waals surface area contributed by atoms with Crippen LogP contribution < -0.4 is 0 Å². The van der Waals surface area contributed by atoms with Crippen LogP contribution in [0.25, 0.3) is 0 Å². The number of piperidine rings is 1. The van der Waals surface area contributed by atoms with Crippen molar-refractivity contribution in [2.75, 3.05) is 13.7 Å². The van der Waals surface area contributed by atoms with Gasteiger partial charge in [0, 0.05) is 6.54 Å². The van der Waals surface area contributed by atoms with Gasteiger partial charge in [0.05, 0.1) is 24.1 Å². The zero-order chi connectivity index (χ0) is 14.7. The molecule has 1 saturated heterocycles. The molecule has 1 aromatic rings. The van der Waals surface area contributed by atoms with E-state index in [0.717, 1.165) is 12.8 Å². The molecular weight excluding hydrogens is 258 g/mol. The molecule has 108 valence electrons. The molecule has 6 nitrogen and oxygen atoms in total. The van der Waals surface area contributed by atoms with E-state index in [0.29, 0.717) is 29.9 Å². The normalized spacial score (nSPS) is 18.8. The first kappa shape index (κ1) is 14.4. The van der Waals surface area contributed by atoms with Gasteiger partial charge in [0.1, 0.15) is 6.04 Å². The highest BCUT2D eigenvalue weighted by atomic mass is 16.5. The van der Waals surface area contributed by atoms with Gasteiger partial charge in [0.25, 0.3) is 5.91 Å². The third-order valence-corrected chi connectivity index (χ3v) is 3.57. The Balaban J connectivity index is 2.30. The minimum atomic E-state index is -0.492. The summed E-state index contributed by atoms with van der Waals surface area (Å²) < 4.78 is 4.80. The van der Waals surface area contributed by atoms with Crippen molar-refractivity contribution in [2.24, 2.45) is 0 Å². The standard InChI is InChI=1S/C14H19N3O3/c1-9-8-11(10(2)16-15-9)13(18)17-7-5-4-6-12(17)14(19)20-3/h8,12H,4-7H2,1-3H3/t12-/m1/s1. The predicted molar refractivity (Wildman–Crippen MR) is 72.2 cm³/mol. The van der Waals surface area contributed by atoms with Crippen LogP contribution in [-0.4, -0.2) is 46.7 Å². The average Bonchev–Trinajstić information content (AvgIpc) is 2.48. The van der Waals surface area contributed by atoms with Gasteiger partial charge in [-0.15, -0.1) is 0 Å². The molecule has 0 saturated carbocycles. The van der Waals surface area contributed by atoms with E-state index < -0.39 is 6.04 Å². The van der Waals surface area contributed by atoms with Gasteiger partial charge in [-0.2, -0.15) is 10.2 Å². The first-order chi connectivity index (χ1) is 9.54. The lowest BCUT2D eigenvalue weighted by molar-refractivity contribution is -0.147. The number of carbonyl (C=O) groups excluding carboxylic acids is 2. The molecule has 2 rings (SSSR count). The van der Waals surface area contributed by atoms with E-state index in [9.17, 15) is 9.59 Å². The second-order valence-electron chi connectivity index (χ2n) is 5.02. The molecule has 0 N–H and O–H groups in total. The second kappa shape index (κ2) is 5.98. The van der Waals surface area contributed by atoms with Crippen LogP contribution in [0.1, 0.15) is 41.0 Å². The van der Waals surface area contributed by atoms with Gasteiger partial charge in [-0.1, -0.05) is 0 Å². The lowest BCUT2D eigenvalue weighted by atomic mass is 10.0. The Morgan fingerprint density at radius 3 is 2.75 bits per heavy atom. The van der Waals surface area contributed by atoms with Crippen molar-refractivity contribution < 1.29 is 14.3 Å². The topological polar surface area (TPSA) is 72.4 Å². The van der Waals surface area contributed by atoms with Crippen LogP contribution in [0.2, 0.25) is 0 Å². The number of ether oxygens (including phenoxy) is 1. The molecule has 2 heterocycles. The molecule has 6 heteroatoms. The number of rotatable bonds is 2. The highest BCUT2D eigenvalue weighted by Crippen LogP contribution is 2.21. The molecule has 1 atom stereocenters. The Kier molecular flexibility index (Phi) is 4.32. The second-order valence-corrected chi connectivity index (χ2v) is 5.02. The number of likely N-dealkylation sites (tertiary alicyclic amines) is 1. The molecule has 1 amide bonds. The summed E-state index contributed by atoms with van der Waals surface area (Å²) in [6.07, 6.45) is 2.47. The number of carbonyl (C=O) groups is 2. The van der Waals surface area contributed by atoms with E-state index >= 15 is 0 Å². The zero-order valence-electron chi connectivity index (χ0n) is 12.0. The summed E-state index contributed by atoms with van der Waals surface area (Å²) in [7, 11) is 1.35. The van der Waals surface area contributed by atoms with E-state index in [1.165, 1.54) is 7.11 Å². The van der Waals surface area contributed by atoms with Crippen molar-refractivity contribution in [1.82, 2.24) is 15.1 Å². The number of methoxy groups -OCH3 is 1. The molecule has 0 spiro atoms. The summed E-state index contributed by atoms with van der Waals surface area (Å²) in [5.74, 6) is -0.523. The summed E-state index contributed by atoms with van der Waals surface area (Å²) in [5.41, 5.74) is 1.77. The summed E-state index contributed by atoms with van der Waals surface area (Å²) in [4.78, 5) is 26.1. The van der Waals surface area contributed by atoms with E-state index in [2.05, 4.69) is 10.2 Å². The Bertz CT molecular complexity index is 530. The van der Waals surface area contributed by atoms with Crippen LogP contribution in [0.3, 0.4) is 0 Å². The Morgan fingerprint density at radius 1 is 1.30 bits per heavy atom. The minimum Gasteiger partial charge on any atom is -0.467 e. The van der Waals surface area contributed by atoms with E-state index in [4.69, 9.17) is 4.74 Å². The largest absolute Gasteiger partial charge is 0.467 e. The van der Waals surface area contributed by atoms with Gasteiger partial charge < -0.3 is 9.64 Å². The summed E-state index contributed by atoms with van der Waals surface area (Å²) in [6.45, 7) is 4.10. The average molecular weight is 277 g/mol. The lowest BCUT2D eigenvalue weighted by Crippen LogP contribution is -2.48. The number of hydrogen-bond acceptors (Lipinski definition) is 5. The first-order valence-electron chi connectivity index (χ1n) is 6.74. The maximum atomic E-state index is 12.7. The molecule has 20 heavy (non-hydrogen) atoms. The molecule has 0 radical (unpaired) electrons. The smallest absolute Gasteiger partial charge is 0.328 e. The van der Waals surface area contributed by atoms with Gasteiger partial charge >= 0.3 is 5.97 Å². The maximum absolute atomic E-state index is 12.7. The summed E-state index contributed by atoms with van der Waals surface area (Å²) in [5, 5.41) is 7.90. The van der Waals surface area contributed by atoms with Gasteiger partial charge in [-0.25, -0.2) is 4.79 Å². The van der Waals surface area contributed by atoms with E-state index in [1.807, 2.05) is 0 Å². The molecule has 1 aliphatic heterocycles. The van der Waals surface area contributed by atoms with Crippen molar-refractivity contribution in [3.8, 4) is 0 Å².